The number of thiol groups is 1. The lowest BCUT2D eigenvalue weighted by Crippen LogP contribution is -1.83. The van der Waals surface area contributed by atoms with Gasteiger partial charge in [0.15, 0.2) is 0 Å². The summed E-state index contributed by atoms with van der Waals surface area (Å²) in [6.45, 7) is 0. The van der Waals surface area contributed by atoms with E-state index in [2.05, 4.69) is 18.9 Å². The number of ether oxygens (including phenoxy) is 1. The first-order valence-electron chi connectivity index (χ1n) is 4.89. The lowest BCUT2D eigenvalue weighted by atomic mass is 10.3. The summed E-state index contributed by atoms with van der Waals surface area (Å²) in [5, 5.41) is 0. The molecule has 0 atom stereocenters. The van der Waals surface area contributed by atoms with Gasteiger partial charge in [-0.1, -0.05) is 0 Å². The monoisotopic (exact) mass is 248 g/mol. The van der Waals surface area contributed by atoms with Gasteiger partial charge in [-0.05, 0) is 54.8 Å². The molecule has 0 N–H and O–H groups in total. The average Bonchev–Trinajstić information content (AvgIpc) is 2.33. The van der Waals surface area contributed by atoms with Crippen LogP contribution >= 0.6 is 24.4 Å². The number of hydrogen-bond acceptors (Lipinski definition) is 3. The maximum absolute atomic E-state index is 5.69. The van der Waals surface area contributed by atoms with Gasteiger partial charge in [-0.25, -0.2) is 0 Å². The van der Waals surface area contributed by atoms with Crippen molar-refractivity contribution in [1.82, 2.24) is 0 Å². The normalized spacial score (nSPS) is 10.1. The van der Waals surface area contributed by atoms with Gasteiger partial charge in [-0.3, -0.25) is 0 Å². The average molecular weight is 248 g/mol. The van der Waals surface area contributed by atoms with E-state index in [-0.39, 0.29) is 0 Å². The summed E-state index contributed by atoms with van der Waals surface area (Å²) in [5.74, 6) is 1.68. The summed E-state index contributed by atoms with van der Waals surface area (Å²) in [6, 6.07) is 15.7. The van der Waals surface area contributed by atoms with Crippen LogP contribution in [0, 0.1) is 0 Å². The third kappa shape index (κ3) is 2.97. The Bertz CT molecular complexity index is 448. The van der Waals surface area contributed by atoms with E-state index in [9.17, 15) is 0 Å². The molecule has 0 radical (unpaired) electrons. The van der Waals surface area contributed by atoms with Crippen molar-refractivity contribution >= 4 is 24.4 Å². The number of hydrogen-bond donors (Lipinski definition) is 1. The number of benzene rings is 2. The van der Waals surface area contributed by atoms with E-state index in [1.807, 2.05) is 48.5 Å². The fraction of sp³-hybridized carbons (Fsp3) is 0.0769. The first-order chi connectivity index (χ1) is 7.78. The smallest absolute Gasteiger partial charge is 0.127 e. The minimum atomic E-state index is 0.828. The van der Waals surface area contributed by atoms with Crippen molar-refractivity contribution in [2.45, 2.75) is 9.79 Å². The van der Waals surface area contributed by atoms with Crippen molar-refractivity contribution in [3.05, 3.63) is 48.5 Å². The minimum Gasteiger partial charge on any atom is -0.457 e. The number of rotatable bonds is 3. The Morgan fingerprint density at radius 1 is 0.875 bits per heavy atom. The summed E-state index contributed by atoms with van der Waals surface area (Å²) in [4.78, 5) is 2.17. The second-order valence-corrected chi connectivity index (χ2v) is 4.67. The summed E-state index contributed by atoms with van der Waals surface area (Å²) >= 11 is 5.95. The van der Waals surface area contributed by atoms with Gasteiger partial charge in [0.05, 0.1) is 0 Å². The lowest BCUT2D eigenvalue weighted by molar-refractivity contribution is 0.482. The zero-order chi connectivity index (χ0) is 11.4. The minimum absolute atomic E-state index is 0.828. The molecule has 0 bridgehead atoms. The second kappa shape index (κ2) is 5.32. The van der Waals surface area contributed by atoms with Gasteiger partial charge in [-0.2, -0.15) is 0 Å². The maximum Gasteiger partial charge on any atom is 0.127 e. The lowest BCUT2D eigenvalue weighted by Gasteiger charge is -2.06. The highest BCUT2D eigenvalue weighted by Gasteiger charge is 1.97. The number of thioether (sulfide) groups is 1. The maximum atomic E-state index is 5.69. The Balaban J connectivity index is 2.11. The summed E-state index contributed by atoms with van der Waals surface area (Å²) < 4.78 is 5.69. The Labute approximate surface area is 105 Å². The van der Waals surface area contributed by atoms with E-state index < -0.39 is 0 Å². The van der Waals surface area contributed by atoms with Crippen LogP contribution in [-0.2, 0) is 0 Å². The first kappa shape index (κ1) is 11.4. The molecule has 0 saturated carbocycles. The van der Waals surface area contributed by atoms with E-state index in [1.165, 1.54) is 4.90 Å². The first-order valence-corrected chi connectivity index (χ1v) is 6.56. The van der Waals surface area contributed by atoms with Gasteiger partial charge >= 0.3 is 0 Å². The van der Waals surface area contributed by atoms with E-state index in [1.54, 1.807) is 11.8 Å². The van der Waals surface area contributed by atoms with Crippen LogP contribution in [0.4, 0.5) is 0 Å². The van der Waals surface area contributed by atoms with Crippen LogP contribution < -0.4 is 4.74 Å². The molecular formula is C13H12OS2. The second-order valence-electron chi connectivity index (χ2n) is 3.27. The molecule has 1 nitrogen and oxygen atoms in total. The van der Waals surface area contributed by atoms with Crippen molar-refractivity contribution in [3.63, 3.8) is 0 Å². The van der Waals surface area contributed by atoms with Crippen molar-refractivity contribution in [1.29, 1.82) is 0 Å². The molecule has 2 rings (SSSR count). The quantitative estimate of drug-likeness (QED) is 0.633. The zero-order valence-electron chi connectivity index (χ0n) is 8.88. The fourth-order valence-corrected chi connectivity index (χ4v) is 1.85. The molecule has 0 aliphatic carbocycles. The topological polar surface area (TPSA) is 9.23 Å². The Kier molecular flexibility index (Phi) is 3.80. The molecule has 0 aliphatic rings. The third-order valence-corrected chi connectivity index (χ3v) is 3.17. The van der Waals surface area contributed by atoms with Gasteiger partial charge in [-0.15, -0.1) is 24.4 Å². The highest BCUT2D eigenvalue weighted by Crippen LogP contribution is 2.24. The Morgan fingerprint density at radius 2 is 1.38 bits per heavy atom. The van der Waals surface area contributed by atoms with E-state index in [0.29, 0.717) is 0 Å². The molecule has 0 saturated heterocycles. The van der Waals surface area contributed by atoms with Crippen molar-refractivity contribution in [2.75, 3.05) is 6.26 Å². The van der Waals surface area contributed by atoms with Crippen molar-refractivity contribution in [2.24, 2.45) is 0 Å². The van der Waals surface area contributed by atoms with E-state index in [0.717, 1.165) is 16.4 Å². The Morgan fingerprint density at radius 3 is 1.88 bits per heavy atom. The van der Waals surface area contributed by atoms with Gasteiger partial charge < -0.3 is 4.74 Å². The predicted octanol–water partition coefficient (Wildman–Crippen LogP) is 4.49. The van der Waals surface area contributed by atoms with E-state index >= 15 is 0 Å². The van der Waals surface area contributed by atoms with Crippen LogP contribution in [0.5, 0.6) is 11.5 Å². The van der Waals surface area contributed by atoms with Crippen LogP contribution in [0.25, 0.3) is 0 Å². The molecule has 2 aromatic rings. The highest BCUT2D eigenvalue weighted by atomic mass is 32.2. The fourth-order valence-electron chi connectivity index (χ4n) is 1.29. The SMILES string of the molecule is CSc1ccc(Oc2ccc(S)cc2)cc1. The van der Waals surface area contributed by atoms with Gasteiger partial charge in [0.1, 0.15) is 11.5 Å². The van der Waals surface area contributed by atoms with Gasteiger partial charge in [0.2, 0.25) is 0 Å². The van der Waals surface area contributed by atoms with Gasteiger partial charge in [0.25, 0.3) is 0 Å². The van der Waals surface area contributed by atoms with Crippen LogP contribution in [-0.4, -0.2) is 6.26 Å². The molecule has 0 fully saturated rings. The van der Waals surface area contributed by atoms with Crippen LogP contribution in [0.2, 0.25) is 0 Å². The molecule has 0 aliphatic heterocycles. The van der Waals surface area contributed by atoms with Gasteiger partial charge in [0, 0.05) is 9.79 Å². The van der Waals surface area contributed by atoms with Crippen LogP contribution in [0.15, 0.2) is 58.3 Å². The molecule has 0 heterocycles. The van der Waals surface area contributed by atoms with Crippen molar-refractivity contribution in [3.8, 4) is 11.5 Å². The van der Waals surface area contributed by atoms with Crippen LogP contribution in [0.3, 0.4) is 0 Å². The molecule has 16 heavy (non-hydrogen) atoms. The van der Waals surface area contributed by atoms with E-state index in [4.69, 9.17) is 4.74 Å². The summed E-state index contributed by atoms with van der Waals surface area (Å²) in [5.41, 5.74) is 0. The molecule has 2 aromatic carbocycles. The molecular weight excluding hydrogens is 236 g/mol. The molecule has 0 aromatic heterocycles. The predicted molar refractivity (Wildman–Crippen MR) is 72.0 cm³/mol. The largest absolute Gasteiger partial charge is 0.457 e. The summed E-state index contributed by atoms with van der Waals surface area (Å²) in [7, 11) is 0. The summed E-state index contributed by atoms with van der Waals surface area (Å²) in [6.07, 6.45) is 2.06. The standard InChI is InChI=1S/C13H12OS2/c1-16-13-8-4-11(5-9-13)14-10-2-6-12(15)7-3-10/h2-9,15H,1H3. The molecule has 0 amide bonds. The molecule has 0 unspecified atom stereocenters. The third-order valence-electron chi connectivity index (χ3n) is 2.13. The van der Waals surface area contributed by atoms with Crippen molar-refractivity contribution < 1.29 is 4.74 Å². The molecule has 0 spiro atoms. The Hall–Kier alpha value is -1.06. The zero-order valence-corrected chi connectivity index (χ0v) is 10.6. The van der Waals surface area contributed by atoms with Crippen LogP contribution in [0.1, 0.15) is 0 Å². The molecule has 82 valence electrons. The highest BCUT2D eigenvalue weighted by molar-refractivity contribution is 7.98. The molecule has 3 heteroatoms.